The first-order chi connectivity index (χ1) is 21.3. The lowest BCUT2D eigenvalue weighted by molar-refractivity contribution is -0.143. The maximum absolute atomic E-state index is 13.9. The summed E-state index contributed by atoms with van der Waals surface area (Å²) in [7, 11) is 0. The van der Waals surface area contributed by atoms with Crippen LogP contribution in [-0.2, 0) is 36.4 Å². The van der Waals surface area contributed by atoms with Gasteiger partial charge in [0.2, 0.25) is 0 Å². The Morgan fingerprint density at radius 2 is 1.65 bits per heavy atom. The largest absolute Gasteiger partial charge is 0.446 e. The van der Waals surface area contributed by atoms with Crippen LogP contribution in [0.2, 0.25) is 0 Å². The van der Waals surface area contributed by atoms with Crippen LogP contribution < -0.4 is 15.5 Å². The van der Waals surface area contributed by atoms with E-state index in [1.54, 1.807) is 20.8 Å². The van der Waals surface area contributed by atoms with E-state index in [4.69, 9.17) is 10.5 Å². The molecule has 1 aromatic carbocycles. The van der Waals surface area contributed by atoms with E-state index in [9.17, 15) is 44.3 Å². The van der Waals surface area contributed by atoms with Crippen LogP contribution in [-0.4, -0.2) is 50.0 Å². The summed E-state index contributed by atoms with van der Waals surface area (Å²) in [5, 5.41) is 11.8. The molecule has 3 aromatic rings. The van der Waals surface area contributed by atoms with Crippen molar-refractivity contribution in [2.75, 3.05) is 16.3 Å². The highest BCUT2D eigenvalue weighted by Crippen LogP contribution is 2.44. The third-order valence-electron chi connectivity index (χ3n) is 7.04. The molecule has 0 spiro atoms. The molecule has 1 aliphatic heterocycles. The van der Waals surface area contributed by atoms with E-state index in [2.05, 4.69) is 20.4 Å². The summed E-state index contributed by atoms with van der Waals surface area (Å²) in [6.07, 6.45) is -16.7. The molecule has 0 bridgehead atoms. The van der Waals surface area contributed by atoms with Gasteiger partial charge in [-0.25, -0.2) is 9.78 Å². The number of rotatable bonds is 8. The second-order valence-corrected chi connectivity index (χ2v) is 10.7. The van der Waals surface area contributed by atoms with Gasteiger partial charge in [0, 0.05) is 19.1 Å². The molecule has 252 valence electrons. The molecule has 0 aliphatic carbocycles. The van der Waals surface area contributed by atoms with E-state index in [-0.39, 0.29) is 49.3 Å². The number of hydrogen-bond acceptors (Lipinski definition) is 8. The minimum atomic E-state index is -5.16. The van der Waals surface area contributed by atoms with E-state index in [1.165, 1.54) is 0 Å². The number of anilines is 2. The third-order valence-corrected chi connectivity index (χ3v) is 7.04. The molecule has 10 nitrogen and oxygen atoms in total. The van der Waals surface area contributed by atoms with Gasteiger partial charge in [-0.05, 0) is 67.8 Å². The maximum Gasteiger partial charge on any atom is 0.433 e. The molecular formula is C27H29F9N8O2. The fourth-order valence-electron chi connectivity index (χ4n) is 5.06. The topological polar surface area (TPSA) is 115 Å². The zero-order valence-electron chi connectivity index (χ0n) is 24.6. The number of tetrazole rings is 1. The lowest BCUT2D eigenvalue weighted by Crippen LogP contribution is -2.49. The Labute approximate surface area is 256 Å². The number of fused-ring (bicyclic) bond motifs is 1. The minimum Gasteiger partial charge on any atom is -0.446 e. The van der Waals surface area contributed by atoms with Gasteiger partial charge < -0.3 is 15.4 Å². The molecule has 2 aromatic heterocycles. The molecule has 0 saturated carbocycles. The summed E-state index contributed by atoms with van der Waals surface area (Å²) in [6, 6.07) is 0.596. The lowest BCUT2D eigenvalue weighted by Gasteiger charge is -2.43. The zero-order chi connectivity index (χ0) is 34.2. The number of carbonyl (C=O) groups excluding carboxylic acids is 1. The van der Waals surface area contributed by atoms with Crippen LogP contribution >= 0.6 is 0 Å². The number of amides is 1. The van der Waals surface area contributed by atoms with Crippen molar-refractivity contribution in [1.29, 1.82) is 0 Å². The number of ether oxygens (including phenoxy) is 1. The second-order valence-electron chi connectivity index (χ2n) is 10.7. The van der Waals surface area contributed by atoms with Crippen LogP contribution in [0, 0.1) is 0 Å². The standard InChI is InChI=1S/C27H29F9N8O2/c1-4-18-12-20(22-19(44(18)24(45)46-14(2)3)5-6-21(38-22)27(34,35)36)42(23-39-41-43(40-23)8-7-37)13-15-9-16(25(28,29)30)11-17(10-15)26(31,32)33/h5-6,9-11,14,18,20H,4,7-8,12-13,37H2,1-3H3. The highest BCUT2D eigenvalue weighted by atomic mass is 19.4. The van der Waals surface area contributed by atoms with Gasteiger partial charge in [0.05, 0.1) is 41.2 Å². The number of halogens is 9. The van der Waals surface area contributed by atoms with E-state index in [0.29, 0.717) is 18.2 Å². The van der Waals surface area contributed by atoms with Crippen molar-refractivity contribution in [3.63, 3.8) is 0 Å². The molecule has 0 radical (unpaired) electrons. The summed E-state index contributed by atoms with van der Waals surface area (Å²) in [5.41, 5.74) is 0.0701. The smallest absolute Gasteiger partial charge is 0.433 e. The number of aromatic nitrogens is 5. The maximum atomic E-state index is 13.9. The van der Waals surface area contributed by atoms with Crippen molar-refractivity contribution in [3.05, 3.63) is 58.4 Å². The number of carbonyl (C=O) groups is 1. The normalized spacial score (nSPS) is 17.3. The van der Waals surface area contributed by atoms with Crippen LogP contribution in [0.1, 0.15) is 67.7 Å². The Morgan fingerprint density at radius 1 is 1.02 bits per heavy atom. The van der Waals surface area contributed by atoms with Crippen molar-refractivity contribution < 1.29 is 49.0 Å². The van der Waals surface area contributed by atoms with E-state index in [1.807, 2.05) is 0 Å². The van der Waals surface area contributed by atoms with Gasteiger partial charge in [0.15, 0.2) is 0 Å². The van der Waals surface area contributed by atoms with Crippen LogP contribution in [0.15, 0.2) is 30.3 Å². The van der Waals surface area contributed by atoms with E-state index in [0.717, 1.165) is 20.7 Å². The Morgan fingerprint density at radius 3 is 2.17 bits per heavy atom. The van der Waals surface area contributed by atoms with Crippen LogP contribution in [0.25, 0.3) is 0 Å². The van der Waals surface area contributed by atoms with Gasteiger partial charge in [-0.15, -0.1) is 5.10 Å². The molecule has 2 N–H and O–H groups in total. The molecule has 46 heavy (non-hydrogen) atoms. The number of pyridine rings is 1. The van der Waals surface area contributed by atoms with E-state index >= 15 is 0 Å². The summed E-state index contributed by atoms with van der Waals surface area (Å²) in [4.78, 5) is 20.3. The fourth-order valence-corrected chi connectivity index (χ4v) is 5.06. The van der Waals surface area contributed by atoms with Crippen molar-refractivity contribution >= 4 is 17.7 Å². The Hall–Kier alpha value is -4.16. The Kier molecular flexibility index (Phi) is 9.75. The van der Waals surface area contributed by atoms with Crippen molar-refractivity contribution in [3.8, 4) is 0 Å². The second kappa shape index (κ2) is 12.9. The molecule has 2 unspecified atom stereocenters. The van der Waals surface area contributed by atoms with Gasteiger partial charge in [0.1, 0.15) is 5.69 Å². The molecule has 3 heterocycles. The van der Waals surface area contributed by atoms with Gasteiger partial charge in [-0.1, -0.05) is 12.0 Å². The third kappa shape index (κ3) is 7.61. The molecule has 1 aliphatic rings. The summed E-state index contributed by atoms with van der Waals surface area (Å²) < 4.78 is 129. The monoisotopic (exact) mass is 668 g/mol. The van der Waals surface area contributed by atoms with Gasteiger partial charge in [-0.2, -0.15) is 44.3 Å². The molecule has 4 rings (SSSR count). The van der Waals surface area contributed by atoms with Crippen LogP contribution in [0.5, 0.6) is 0 Å². The quantitative estimate of drug-likeness (QED) is 0.276. The predicted molar refractivity (Wildman–Crippen MR) is 144 cm³/mol. The Bertz CT molecular complexity index is 1510. The van der Waals surface area contributed by atoms with E-state index < -0.39 is 71.7 Å². The first kappa shape index (κ1) is 34.7. The lowest BCUT2D eigenvalue weighted by atomic mass is 9.91. The molecule has 2 atom stereocenters. The SMILES string of the molecule is CCC1CC(N(Cc2cc(C(F)(F)F)cc(C(F)(F)F)c2)c2nnn(CCN)n2)c2nc(C(F)(F)F)ccc2N1C(=O)OC(C)C. The van der Waals surface area contributed by atoms with Gasteiger partial charge >= 0.3 is 24.6 Å². The highest BCUT2D eigenvalue weighted by Gasteiger charge is 2.44. The molecular weight excluding hydrogens is 639 g/mol. The number of alkyl halides is 9. The van der Waals surface area contributed by atoms with Crippen molar-refractivity contribution in [1.82, 2.24) is 25.2 Å². The summed E-state index contributed by atoms with van der Waals surface area (Å²) in [6.45, 7) is 4.14. The first-order valence-electron chi connectivity index (χ1n) is 13.9. The van der Waals surface area contributed by atoms with Crippen molar-refractivity contribution in [2.24, 2.45) is 5.73 Å². The average Bonchev–Trinajstić information content (AvgIpc) is 3.41. The minimum absolute atomic E-state index is 0.0206. The van der Waals surface area contributed by atoms with Gasteiger partial charge in [0.25, 0.3) is 5.95 Å². The van der Waals surface area contributed by atoms with Crippen LogP contribution in [0.3, 0.4) is 0 Å². The molecule has 19 heteroatoms. The number of nitrogens with two attached hydrogens (primary N) is 1. The zero-order valence-corrected chi connectivity index (χ0v) is 24.6. The van der Waals surface area contributed by atoms with Gasteiger partial charge in [-0.3, -0.25) is 4.90 Å². The molecule has 0 saturated heterocycles. The van der Waals surface area contributed by atoms with Crippen molar-refractivity contribution in [2.45, 2.75) is 83.4 Å². The number of nitrogens with zero attached hydrogens (tertiary/aromatic N) is 7. The summed E-state index contributed by atoms with van der Waals surface area (Å²) in [5.74, 6) is -0.331. The summed E-state index contributed by atoms with van der Waals surface area (Å²) >= 11 is 0. The van der Waals surface area contributed by atoms with Crippen LogP contribution in [0.4, 0.5) is 55.9 Å². The molecule has 0 fully saturated rings. The number of hydrogen-bond donors (Lipinski definition) is 1. The predicted octanol–water partition coefficient (Wildman–Crippen LogP) is 6.36. The molecule has 1 amide bonds. The fraction of sp³-hybridized carbons (Fsp3) is 0.519. The first-order valence-corrected chi connectivity index (χ1v) is 13.9. The number of benzene rings is 1. The Balaban J connectivity index is 1.95. The average molecular weight is 669 g/mol. The highest BCUT2D eigenvalue weighted by molar-refractivity contribution is 5.90.